The number of nitrogens with zero attached hydrogens (tertiary/aromatic N) is 1. The summed E-state index contributed by atoms with van der Waals surface area (Å²) < 4.78 is 11.2. The number of carbonyl (C=O) groups is 2. The summed E-state index contributed by atoms with van der Waals surface area (Å²) in [4.78, 5) is 26.5. The molecule has 3 aliphatic rings. The van der Waals surface area contributed by atoms with Crippen LogP contribution in [0.3, 0.4) is 0 Å². The summed E-state index contributed by atoms with van der Waals surface area (Å²) in [5, 5.41) is 0. The minimum atomic E-state index is -0.638. The Kier molecular flexibility index (Phi) is 3.44. The topological polar surface area (TPSA) is 55.8 Å². The number of rotatable bonds is 2. The smallest absolute Gasteiger partial charge is 0.316 e. The molecule has 1 fully saturated rings. The quantitative estimate of drug-likeness (QED) is 0.575. The molecule has 5 nitrogen and oxygen atoms in total. The lowest BCUT2D eigenvalue weighted by atomic mass is 9.78. The van der Waals surface area contributed by atoms with E-state index in [1.165, 1.54) is 0 Å². The first-order valence-electron chi connectivity index (χ1n) is 7.82. The maximum atomic E-state index is 12.5. The third kappa shape index (κ3) is 2.19. The highest BCUT2D eigenvalue weighted by molar-refractivity contribution is 5.84. The molecule has 0 aromatic carbocycles. The molecule has 1 saturated heterocycles. The highest BCUT2D eigenvalue weighted by atomic mass is 16.5. The van der Waals surface area contributed by atoms with E-state index in [2.05, 4.69) is 0 Å². The Morgan fingerprint density at radius 2 is 2.18 bits per heavy atom. The van der Waals surface area contributed by atoms with Gasteiger partial charge in [-0.25, -0.2) is 0 Å². The van der Waals surface area contributed by atoms with Gasteiger partial charge in [-0.1, -0.05) is 32.9 Å². The van der Waals surface area contributed by atoms with Gasteiger partial charge in [0.2, 0.25) is 5.91 Å². The number of carbonyl (C=O) groups excluding carboxylic acids is 2. The van der Waals surface area contributed by atoms with E-state index in [1.54, 1.807) is 6.92 Å². The largest absolute Gasteiger partial charge is 0.465 e. The molecule has 3 atom stereocenters. The molecule has 120 valence electrons. The van der Waals surface area contributed by atoms with Crippen LogP contribution >= 0.6 is 0 Å². The number of hydrogen-bond acceptors (Lipinski definition) is 4. The van der Waals surface area contributed by atoms with Crippen LogP contribution in [0.2, 0.25) is 0 Å². The number of esters is 1. The minimum Gasteiger partial charge on any atom is -0.465 e. The van der Waals surface area contributed by atoms with Crippen LogP contribution in [0.4, 0.5) is 0 Å². The maximum absolute atomic E-state index is 12.5. The zero-order valence-electron chi connectivity index (χ0n) is 13.6. The number of amides is 1. The molecular formula is C17H23NO4. The lowest BCUT2D eigenvalue weighted by Crippen LogP contribution is -2.51. The van der Waals surface area contributed by atoms with E-state index in [4.69, 9.17) is 9.47 Å². The normalized spacial score (nSPS) is 32.7. The van der Waals surface area contributed by atoms with E-state index >= 15 is 0 Å². The van der Waals surface area contributed by atoms with Crippen LogP contribution in [-0.4, -0.2) is 48.2 Å². The van der Waals surface area contributed by atoms with Crippen molar-refractivity contribution in [1.82, 2.24) is 4.90 Å². The SMILES string of the molecule is CCOC(=O)[C@@H]1C2=CCN(C(=O)C(C)(C)C)C[C@@]23C=C[C@@H]1O3. The lowest BCUT2D eigenvalue weighted by Gasteiger charge is -2.39. The molecular weight excluding hydrogens is 282 g/mol. The van der Waals surface area contributed by atoms with Gasteiger partial charge in [0.05, 0.1) is 19.3 Å². The summed E-state index contributed by atoms with van der Waals surface area (Å²) in [5.74, 6) is -0.505. The standard InChI is InChI=1S/C17H23NO4/c1-5-21-14(19)13-11-7-9-18(15(20)16(2,3)4)10-17(11)8-6-12(13)22-17/h6-8,12-13H,5,9-10H2,1-4H3/t12-,13+,17-/m0/s1. The third-order valence-electron chi connectivity index (χ3n) is 4.48. The van der Waals surface area contributed by atoms with Crippen molar-refractivity contribution in [3.05, 3.63) is 23.8 Å². The molecule has 5 heteroatoms. The average molecular weight is 305 g/mol. The maximum Gasteiger partial charge on any atom is 0.316 e. The predicted molar refractivity (Wildman–Crippen MR) is 81.0 cm³/mol. The first-order valence-corrected chi connectivity index (χ1v) is 7.82. The Labute approximate surface area is 130 Å². The molecule has 0 saturated carbocycles. The van der Waals surface area contributed by atoms with Crippen molar-refractivity contribution in [2.24, 2.45) is 11.3 Å². The molecule has 1 spiro atoms. The second-order valence-electron chi connectivity index (χ2n) is 7.16. The van der Waals surface area contributed by atoms with Crippen LogP contribution < -0.4 is 0 Å². The van der Waals surface area contributed by atoms with Crippen LogP contribution in [0.15, 0.2) is 23.8 Å². The van der Waals surface area contributed by atoms with Crippen LogP contribution in [0, 0.1) is 11.3 Å². The monoisotopic (exact) mass is 305 g/mol. The molecule has 1 amide bonds. The zero-order valence-corrected chi connectivity index (χ0v) is 13.6. The van der Waals surface area contributed by atoms with Crippen molar-refractivity contribution in [3.63, 3.8) is 0 Å². The van der Waals surface area contributed by atoms with Crippen molar-refractivity contribution in [1.29, 1.82) is 0 Å². The van der Waals surface area contributed by atoms with Gasteiger partial charge < -0.3 is 14.4 Å². The number of fused-ring (bicyclic) bond motifs is 1. The van der Waals surface area contributed by atoms with Gasteiger partial charge in [0.25, 0.3) is 0 Å². The fraction of sp³-hybridized carbons (Fsp3) is 0.647. The Balaban J connectivity index is 1.87. The van der Waals surface area contributed by atoms with Gasteiger partial charge in [-0.15, -0.1) is 0 Å². The molecule has 2 bridgehead atoms. The van der Waals surface area contributed by atoms with Crippen LogP contribution in [0.25, 0.3) is 0 Å². The predicted octanol–water partition coefficient (Wildman–Crippen LogP) is 1.69. The lowest BCUT2D eigenvalue weighted by molar-refractivity contribution is -0.148. The summed E-state index contributed by atoms with van der Waals surface area (Å²) in [6, 6.07) is 0. The van der Waals surface area contributed by atoms with Crippen molar-refractivity contribution < 1.29 is 19.1 Å². The zero-order chi connectivity index (χ0) is 16.1. The van der Waals surface area contributed by atoms with Crippen molar-refractivity contribution >= 4 is 11.9 Å². The molecule has 0 aliphatic carbocycles. The molecule has 0 aromatic heterocycles. The van der Waals surface area contributed by atoms with Gasteiger partial charge in [0.1, 0.15) is 11.5 Å². The summed E-state index contributed by atoms with van der Waals surface area (Å²) in [7, 11) is 0. The summed E-state index contributed by atoms with van der Waals surface area (Å²) in [6.07, 6.45) is 5.61. The van der Waals surface area contributed by atoms with Crippen LogP contribution in [0.5, 0.6) is 0 Å². The van der Waals surface area contributed by atoms with Gasteiger partial charge in [0, 0.05) is 12.0 Å². The van der Waals surface area contributed by atoms with Gasteiger partial charge >= 0.3 is 5.97 Å². The van der Waals surface area contributed by atoms with E-state index in [-0.39, 0.29) is 23.9 Å². The number of hydrogen-bond donors (Lipinski definition) is 0. The molecule has 0 aromatic rings. The summed E-state index contributed by atoms with van der Waals surface area (Å²) in [6.45, 7) is 8.89. The minimum absolute atomic E-state index is 0.0946. The Bertz CT molecular complexity index is 572. The van der Waals surface area contributed by atoms with E-state index in [0.29, 0.717) is 19.7 Å². The average Bonchev–Trinajstić information content (AvgIpc) is 2.99. The molecule has 22 heavy (non-hydrogen) atoms. The van der Waals surface area contributed by atoms with E-state index in [9.17, 15) is 9.59 Å². The summed E-state index contributed by atoms with van der Waals surface area (Å²) in [5.41, 5.74) is -0.110. The van der Waals surface area contributed by atoms with Gasteiger partial charge in [-0.05, 0) is 18.6 Å². The van der Waals surface area contributed by atoms with Gasteiger partial charge in [-0.3, -0.25) is 9.59 Å². The summed E-state index contributed by atoms with van der Waals surface area (Å²) >= 11 is 0. The number of ether oxygens (including phenoxy) is 2. The van der Waals surface area contributed by atoms with E-state index < -0.39 is 11.0 Å². The Hall–Kier alpha value is -1.62. The van der Waals surface area contributed by atoms with Gasteiger partial charge in [0.15, 0.2) is 0 Å². The highest BCUT2D eigenvalue weighted by Crippen LogP contribution is 2.49. The van der Waals surface area contributed by atoms with Crippen LogP contribution in [-0.2, 0) is 19.1 Å². The molecule has 3 heterocycles. The molecule has 3 aliphatic heterocycles. The first kappa shape index (κ1) is 15.3. The molecule has 0 radical (unpaired) electrons. The molecule has 3 rings (SSSR count). The molecule has 0 unspecified atom stereocenters. The Morgan fingerprint density at radius 3 is 2.82 bits per heavy atom. The van der Waals surface area contributed by atoms with Gasteiger partial charge in [-0.2, -0.15) is 0 Å². The highest BCUT2D eigenvalue weighted by Gasteiger charge is 2.58. The Morgan fingerprint density at radius 1 is 1.45 bits per heavy atom. The second-order valence-corrected chi connectivity index (χ2v) is 7.16. The van der Waals surface area contributed by atoms with Crippen molar-refractivity contribution in [2.75, 3.05) is 19.7 Å². The van der Waals surface area contributed by atoms with Crippen LogP contribution in [0.1, 0.15) is 27.7 Å². The fourth-order valence-corrected chi connectivity index (χ4v) is 3.52. The van der Waals surface area contributed by atoms with Crippen molar-refractivity contribution in [2.45, 2.75) is 39.4 Å². The van der Waals surface area contributed by atoms with E-state index in [0.717, 1.165) is 5.57 Å². The third-order valence-corrected chi connectivity index (χ3v) is 4.48. The molecule has 0 N–H and O–H groups in total. The fourth-order valence-electron chi connectivity index (χ4n) is 3.52. The first-order chi connectivity index (χ1) is 10.3. The van der Waals surface area contributed by atoms with E-state index in [1.807, 2.05) is 43.9 Å². The second kappa shape index (κ2) is 4.95. The van der Waals surface area contributed by atoms with Crippen molar-refractivity contribution in [3.8, 4) is 0 Å².